The quantitative estimate of drug-likeness (QED) is 0.856. The van der Waals surface area contributed by atoms with Crippen molar-refractivity contribution in [2.75, 3.05) is 0 Å². The molecule has 16 heavy (non-hydrogen) atoms. The van der Waals surface area contributed by atoms with Crippen molar-refractivity contribution in [3.05, 3.63) is 35.4 Å². The number of carbonyl (C=O) groups is 1. The van der Waals surface area contributed by atoms with Gasteiger partial charge in [0.1, 0.15) is 5.82 Å². The molecular weight excluding hydrogens is 204 g/mol. The topological polar surface area (TPSA) is 54.6 Å². The largest absolute Gasteiger partial charge is 0.481 e. The molecule has 2 rings (SSSR count). The molecule has 0 saturated carbocycles. The molecule has 0 saturated heterocycles. The molecule has 0 fully saturated rings. The number of pyridine rings is 1. The third-order valence-electron chi connectivity index (χ3n) is 2.60. The van der Waals surface area contributed by atoms with Crippen LogP contribution < -0.4 is 0 Å². The van der Waals surface area contributed by atoms with E-state index in [1.807, 2.05) is 36.6 Å². The van der Waals surface area contributed by atoms with E-state index in [4.69, 9.17) is 5.11 Å². The highest BCUT2D eigenvalue weighted by atomic mass is 16.4. The van der Waals surface area contributed by atoms with Gasteiger partial charge < -0.3 is 9.51 Å². The van der Waals surface area contributed by atoms with Gasteiger partial charge in [-0.25, -0.2) is 4.98 Å². The van der Waals surface area contributed by atoms with Crippen LogP contribution in [0.3, 0.4) is 0 Å². The van der Waals surface area contributed by atoms with Gasteiger partial charge in [0.15, 0.2) is 0 Å². The number of nitrogens with zero attached hydrogens (tertiary/aromatic N) is 2. The summed E-state index contributed by atoms with van der Waals surface area (Å²) in [6.07, 6.45) is 2.58. The van der Waals surface area contributed by atoms with Crippen molar-refractivity contribution in [2.45, 2.75) is 26.7 Å². The minimum Gasteiger partial charge on any atom is -0.481 e. The van der Waals surface area contributed by atoms with Crippen LogP contribution in [0.15, 0.2) is 18.3 Å². The second-order valence-corrected chi connectivity index (χ2v) is 3.97. The summed E-state index contributed by atoms with van der Waals surface area (Å²) in [5.41, 5.74) is 3.13. The Labute approximate surface area is 93.5 Å². The Morgan fingerprint density at radius 3 is 2.88 bits per heavy atom. The van der Waals surface area contributed by atoms with Gasteiger partial charge in [-0.05, 0) is 25.5 Å². The molecule has 1 N–H and O–H groups in total. The highest BCUT2D eigenvalue weighted by molar-refractivity contribution is 5.67. The van der Waals surface area contributed by atoms with Gasteiger partial charge in [-0.15, -0.1) is 0 Å². The first-order chi connectivity index (χ1) is 7.58. The molecule has 0 atom stereocenters. The summed E-state index contributed by atoms with van der Waals surface area (Å²) in [5.74, 6) is 0.0284. The molecule has 2 aromatic rings. The average molecular weight is 218 g/mol. The highest BCUT2D eigenvalue weighted by Gasteiger charge is 2.09. The molecular formula is C12H14N2O2. The smallest absolute Gasteiger partial charge is 0.303 e. The number of rotatable bonds is 3. The summed E-state index contributed by atoms with van der Waals surface area (Å²) in [7, 11) is 0. The van der Waals surface area contributed by atoms with E-state index in [1.54, 1.807) is 0 Å². The molecule has 0 aliphatic heterocycles. The Kier molecular flexibility index (Phi) is 2.64. The summed E-state index contributed by atoms with van der Waals surface area (Å²) >= 11 is 0. The average Bonchev–Trinajstić information content (AvgIpc) is 2.52. The predicted molar refractivity (Wildman–Crippen MR) is 60.6 cm³/mol. The highest BCUT2D eigenvalue weighted by Crippen LogP contribution is 2.14. The van der Waals surface area contributed by atoms with E-state index < -0.39 is 5.97 Å². The number of aryl methyl sites for hydroxylation is 3. The fraction of sp³-hybridized carbons (Fsp3) is 0.333. The van der Waals surface area contributed by atoms with Crippen LogP contribution in [-0.4, -0.2) is 20.5 Å². The lowest BCUT2D eigenvalue weighted by Gasteiger charge is -2.00. The van der Waals surface area contributed by atoms with Crippen molar-refractivity contribution in [1.29, 1.82) is 0 Å². The van der Waals surface area contributed by atoms with E-state index in [0.29, 0.717) is 6.42 Å². The lowest BCUT2D eigenvalue weighted by Crippen LogP contribution is -2.01. The Balaban J connectivity index is 2.44. The normalized spacial score (nSPS) is 10.9. The maximum absolute atomic E-state index is 10.5. The zero-order valence-corrected chi connectivity index (χ0v) is 9.40. The van der Waals surface area contributed by atoms with Gasteiger partial charge >= 0.3 is 5.97 Å². The van der Waals surface area contributed by atoms with Crippen LogP contribution in [0.25, 0.3) is 5.52 Å². The van der Waals surface area contributed by atoms with Crippen molar-refractivity contribution >= 4 is 11.5 Å². The van der Waals surface area contributed by atoms with E-state index in [0.717, 1.165) is 22.6 Å². The zero-order chi connectivity index (χ0) is 11.7. The molecule has 4 heteroatoms. The first-order valence-electron chi connectivity index (χ1n) is 5.24. The van der Waals surface area contributed by atoms with Crippen molar-refractivity contribution in [2.24, 2.45) is 0 Å². The SMILES string of the molecule is Cc1ccc2c(C)nc(CCC(=O)O)n2c1. The summed E-state index contributed by atoms with van der Waals surface area (Å²) < 4.78 is 1.98. The number of hydrogen-bond acceptors (Lipinski definition) is 2. The Morgan fingerprint density at radius 2 is 2.19 bits per heavy atom. The second-order valence-electron chi connectivity index (χ2n) is 3.97. The van der Waals surface area contributed by atoms with Gasteiger partial charge in [-0.1, -0.05) is 6.07 Å². The van der Waals surface area contributed by atoms with Crippen LogP contribution in [0, 0.1) is 13.8 Å². The van der Waals surface area contributed by atoms with E-state index >= 15 is 0 Å². The monoisotopic (exact) mass is 218 g/mol. The van der Waals surface area contributed by atoms with Crippen molar-refractivity contribution in [3.63, 3.8) is 0 Å². The van der Waals surface area contributed by atoms with Gasteiger partial charge in [0, 0.05) is 12.6 Å². The molecule has 0 radical (unpaired) electrons. The van der Waals surface area contributed by atoms with E-state index in [2.05, 4.69) is 4.98 Å². The molecule has 0 amide bonds. The van der Waals surface area contributed by atoms with Gasteiger partial charge in [0.05, 0.1) is 17.6 Å². The number of imidazole rings is 1. The Hall–Kier alpha value is -1.84. The van der Waals surface area contributed by atoms with Crippen LogP contribution in [0.4, 0.5) is 0 Å². The summed E-state index contributed by atoms with van der Waals surface area (Å²) in [4.78, 5) is 14.9. The molecule has 84 valence electrons. The van der Waals surface area contributed by atoms with Gasteiger partial charge in [-0.3, -0.25) is 4.79 Å². The fourth-order valence-corrected chi connectivity index (χ4v) is 1.82. The Bertz CT molecular complexity index is 543. The van der Waals surface area contributed by atoms with Crippen LogP contribution in [0.1, 0.15) is 23.5 Å². The van der Waals surface area contributed by atoms with Crippen molar-refractivity contribution in [1.82, 2.24) is 9.38 Å². The minimum atomic E-state index is -0.790. The van der Waals surface area contributed by atoms with E-state index in [1.165, 1.54) is 0 Å². The summed E-state index contributed by atoms with van der Waals surface area (Å²) in [5, 5.41) is 8.67. The Morgan fingerprint density at radius 1 is 1.44 bits per heavy atom. The lowest BCUT2D eigenvalue weighted by atomic mass is 10.2. The number of aromatic nitrogens is 2. The van der Waals surface area contributed by atoms with Crippen molar-refractivity contribution in [3.8, 4) is 0 Å². The molecule has 0 bridgehead atoms. The maximum atomic E-state index is 10.5. The number of carboxylic acid groups (broad SMARTS) is 1. The van der Waals surface area contributed by atoms with Gasteiger partial charge in [-0.2, -0.15) is 0 Å². The van der Waals surface area contributed by atoms with Crippen molar-refractivity contribution < 1.29 is 9.90 Å². The lowest BCUT2D eigenvalue weighted by molar-refractivity contribution is -0.137. The number of hydrogen-bond donors (Lipinski definition) is 1. The minimum absolute atomic E-state index is 0.118. The van der Waals surface area contributed by atoms with E-state index in [-0.39, 0.29) is 6.42 Å². The molecule has 2 heterocycles. The van der Waals surface area contributed by atoms with Crippen LogP contribution >= 0.6 is 0 Å². The number of aliphatic carboxylic acids is 1. The number of fused-ring (bicyclic) bond motifs is 1. The molecule has 0 spiro atoms. The maximum Gasteiger partial charge on any atom is 0.303 e. The fourth-order valence-electron chi connectivity index (χ4n) is 1.82. The standard InChI is InChI=1S/C12H14N2O2/c1-8-3-4-10-9(2)13-11(14(10)7-8)5-6-12(15)16/h3-4,7H,5-6H2,1-2H3,(H,15,16). The van der Waals surface area contributed by atoms with Gasteiger partial charge in [0.2, 0.25) is 0 Å². The summed E-state index contributed by atoms with van der Waals surface area (Å²) in [6, 6.07) is 4.05. The third kappa shape index (κ3) is 1.91. The first-order valence-corrected chi connectivity index (χ1v) is 5.24. The molecule has 0 unspecified atom stereocenters. The molecule has 0 aliphatic carbocycles. The molecule has 0 aliphatic rings. The van der Waals surface area contributed by atoms with Crippen LogP contribution in [-0.2, 0) is 11.2 Å². The molecule has 0 aromatic carbocycles. The predicted octanol–water partition coefficient (Wildman–Crippen LogP) is 1.97. The number of carboxylic acids is 1. The van der Waals surface area contributed by atoms with Gasteiger partial charge in [0.25, 0.3) is 0 Å². The molecule has 2 aromatic heterocycles. The van der Waals surface area contributed by atoms with Crippen LogP contribution in [0.5, 0.6) is 0 Å². The zero-order valence-electron chi connectivity index (χ0n) is 9.40. The van der Waals surface area contributed by atoms with Crippen LogP contribution in [0.2, 0.25) is 0 Å². The second kappa shape index (κ2) is 3.96. The molecule has 4 nitrogen and oxygen atoms in total. The van der Waals surface area contributed by atoms with E-state index in [9.17, 15) is 4.79 Å². The summed E-state index contributed by atoms with van der Waals surface area (Å²) in [6.45, 7) is 3.95. The first kappa shape index (κ1) is 10.7. The third-order valence-corrected chi connectivity index (χ3v) is 2.60.